The van der Waals surface area contributed by atoms with E-state index >= 15 is 0 Å². The predicted octanol–water partition coefficient (Wildman–Crippen LogP) is 3.67. The Bertz CT molecular complexity index is 588. The molecule has 0 aliphatic rings. The van der Waals surface area contributed by atoms with E-state index in [-0.39, 0.29) is 0 Å². The molecule has 1 aromatic heterocycles. The fourth-order valence-corrected chi connectivity index (χ4v) is 2.68. The van der Waals surface area contributed by atoms with E-state index in [2.05, 4.69) is 18.9 Å². The lowest BCUT2D eigenvalue weighted by atomic mass is 10.1. The number of carbonyl (C=O) groups is 1. The van der Waals surface area contributed by atoms with Gasteiger partial charge in [-0.1, -0.05) is 51.3 Å². The number of hydrogen-bond acceptors (Lipinski definition) is 2. The number of nitrogens with two attached hydrogens (primary N) is 1. The molecule has 108 valence electrons. The van der Waals surface area contributed by atoms with Crippen LogP contribution in [0.5, 0.6) is 0 Å². The van der Waals surface area contributed by atoms with Crippen LogP contribution in [0.25, 0.3) is 10.9 Å². The first-order valence-electron chi connectivity index (χ1n) is 7.46. The van der Waals surface area contributed by atoms with Gasteiger partial charge in [-0.2, -0.15) is 5.10 Å². The molecule has 0 aliphatic carbocycles. The van der Waals surface area contributed by atoms with Gasteiger partial charge in [0.05, 0.1) is 11.6 Å². The molecule has 2 N–H and O–H groups in total. The van der Waals surface area contributed by atoms with Gasteiger partial charge in [0, 0.05) is 5.39 Å². The quantitative estimate of drug-likeness (QED) is 0.782. The Morgan fingerprint density at radius 3 is 2.70 bits per heavy atom. The van der Waals surface area contributed by atoms with Gasteiger partial charge in [0.1, 0.15) is 0 Å². The number of fused-ring (bicyclic) bond motifs is 1. The first-order valence-corrected chi connectivity index (χ1v) is 7.46. The molecule has 0 radical (unpaired) electrons. The molecule has 0 spiro atoms. The Morgan fingerprint density at radius 2 is 2.05 bits per heavy atom. The van der Waals surface area contributed by atoms with Gasteiger partial charge in [0.25, 0.3) is 5.91 Å². The smallest absolute Gasteiger partial charge is 0.269 e. The second-order valence-electron chi connectivity index (χ2n) is 5.23. The lowest BCUT2D eigenvalue weighted by molar-refractivity contribution is 0.0996. The molecule has 0 fully saturated rings. The molecule has 4 nitrogen and oxygen atoms in total. The van der Waals surface area contributed by atoms with Crippen molar-refractivity contribution < 1.29 is 4.79 Å². The number of amides is 1. The van der Waals surface area contributed by atoms with E-state index in [0.717, 1.165) is 23.7 Å². The number of para-hydroxylation sites is 1. The van der Waals surface area contributed by atoms with E-state index < -0.39 is 5.91 Å². The summed E-state index contributed by atoms with van der Waals surface area (Å²) in [6, 6.07) is 8.15. The fraction of sp³-hybridized carbons (Fsp3) is 0.500. The number of aromatic nitrogens is 2. The van der Waals surface area contributed by atoms with Crippen molar-refractivity contribution in [2.75, 3.05) is 0 Å². The van der Waals surface area contributed by atoms with Gasteiger partial charge in [-0.15, -0.1) is 0 Å². The van der Waals surface area contributed by atoms with Gasteiger partial charge < -0.3 is 5.73 Å². The lowest BCUT2D eigenvalue weighted by Gasteiger charge is -2.16. The summed E-state index contributed by atoms with van der Waals surface area (Å²) in [6.45, 7) is 4.37. The van der Waals surface area contributed by atoms with E-state index in [1.807, 2.05) is 28.9 Å². The molecule has 0 saturated carbocycles. The number of rotatable bonds is 7. The molecule has 1 heterocycles. The van der Waals surface area contributed by atoms with Gasteiger partial charge in [0.15, 0.2) is 5.69 Å². The average molecular weight is 273 g/mol. The third kappa shape index (κ3) is 2.84. The van der Waals surface area contributed by atoms with Crippen LogP contribution in [0.15, 0.2) is 24.3 Å². The number of primary amides is 1. The fourth-order valence-electron chi connectivity index (χ4n) is 2.68. The van der Waals surface area contributed by atoms with Crippen molar-refractivity contribution in [2.24, 2.45) is 5.73 Å². The van der Waals surface area contributed by atoms with Crippen LogP contribution >= 0.6 is 0 Å². The molecule has 0 saturated heterocycles. The third-order valence-corrected chi connectivity index (χ3v) is 3.81. The molecular weight excluding hydrogens is 250 g/mol. The van der Waals surface area contributed by atoms with Crippen LogP contribution in [-0.4, -0.2) is 15.7 Å². The summed E-state index contributed by atoms with van der Waals surface area (Å²) in [6.07, 6.45) is 5.73. The largest absolute Gasteiger partial charge is 0.364 e. The summed E-state index contributed by atoms with van der Waals surface area (Å²) < 4.78 is 1.99. The van der Waals surface area contributed by atoms with Crippen molar-refractivity contribution >= 4 is 16.8 Å². The van der Waals surface area contributed by atoms with Gasteiger partial charge in [-0.25, -0.2) is 0 Å². The molecule has 1 unspecified atom stereocenters. The SMILES string of the molecule is CCCCCC(CC)n1nc(C(N)=O)c2ccccc21. The average Bonchev–Trinajstić information content (AvgIpc) is 2.84. The Balaban J connectivity index is 2.39. The Morgan fingerprint density at radius 1 is 1.30 bits per heavy atom. The molecule has 0 aliphatic heterocycles. The van der Waals surface area contributed by atoms with Gasteiger partial charge in [-0.3, -0.25) is 9.48 Å². The Kier molecular flexibility index (Phi) is 4.77. The van der Waals surface area contributed by atoms with Crippen LogP contribution in [0, 0.1) is 0 Å². The molecule has 1 amide bonds. The minimum absolute atomic E-state index is 0.333. The third-order valence-electron chi connectivity index (χ3n) is 3.81. The second-order valence-corrected chi connectivity index (χ2v) is 5.23. The molecule has 20 heavy (non-hydrogen) atoms. The summed E-state index contributed by atoms with van der Waals surface area (Å²) in [5.41, 5.74) is 6.83. The van der Waals surface area contributed by atoms with Crippen molar-refractivity contribution in [1.29, 1.82) is 0 Å². The summed E-state index contributed by atoms with van der Waals surface area (Å²) in [5, 5.41) is 5.34. The van der Waals surface area contributed by atoms with Gasteiger partial charge in [0.2, 0.25) is 0 Å². The van der Waals surface area contributed by atoms with Crippen molar-refractivity contribution in [3.05, 3.63) is 30.0 Å². The monoisotopic (exact) mass is 273 g/mol. The van der Waals surface area contributed by atoms with Crippen molar-refractivity contribution in [1.82, 2.24) is 9.78 Å². The highest BCUT2D eigenvalue weighted by molar-refractivity contribution is 6.04. The van der Waals surface area contributed by atoms with Crippen LogP contribution in [0.4, 0.5) is 0 Å². The van der Waals surface area contributed by atoms with Crippen LogP contribution < -0.4 is 5.73 Å². The number of carbonyl (C=O) groups excluding carboxylic acids is 1. The minimum Gasteiger partial charge on any atom is -0.364 e. The van der Waals surface area contributed by atoms with Crippen molar-refractivity contribution in [3.8, 4) is 0 Å². The van der Waals surface area contributed by atoms with E-state index in [0.29, 0.717) is 11.7 Å². The molecule has 0 bridgehead atoms. The summed E-state index contributed by atoms with van der Waals surface area (Å²) in [7, 11) is 0. The van der Waals surface area contributed by atoms with Gasteiger partial charge >= 0.3 is 0 Å². The highest BCUT2D eigenvalue weighted by Gasteiger charge is 2.18. The number of nitrogens with zero attached hydrogens (tertiary/aromatic N) is 2. The van der Waals surface area contributed by atoms with Crippen LogP contribution in [0.1, 0.15) is 62.5 Å². The van der Waals surface area contributed by atoms with Gasteiger partial charge in [-0.05, 0) is 18.9 Å². The predicted molar refractivity (Wildman–Crippen MR) is 81.7 cm³/mol. The molecule has 2 aromatic rings. The molecule has 2 rings (SSSR count). The minimum atomic E-state index is -0.455. The van der Waals surface area contributed by atoms with E-state index in [1.165, 1.54) is 19.3 Å². The summed E-state index contributed by atoms with van der Waals surface area (Å²) in [5.74, 6) is -0.455. The maximum Gasteiger partial charge on any atom is 0.269 e. The van der Waals surface area contributed by atoms with Crippen LogP contribution in [-0.2, 0) is 0 Å². The van der Waals surface area contributed by atoms with E-state index in [4.69, 9.17) is 5.73 Å². The zero-order valence-electron chi connectivity index (χ0n) is 12.3. The zero-order valence-corrected chi connectivity index (χ0v) is 12.3. The van der Waals surface area contributed by atoms with Crippen LogP contribution in [0.3, 0.4) is 0 Å². The zero-order chi connectivity index (χ0) is 14.5. The first kappa shape index (κ1) is 14.6. The molecule has 1 atom stereocenters. The number of unbranched alkanes of at least 4 members (excludes halogenated alkanes) is 2. The normalized spacial score (nSPS) is 12.7. The standard InChI is InChI=1S/C16H23N3O/c1-3-5-6-9-12(4-2)19-14-11-8-7-10-13(14)15(18-19)16(17)20/h7-8,10-12H,3-6,9H2,1-2H3,(H2,17,20). The molecule has 1 aromatic carbocycles. The summed E-state index contributed by atoms with van der Waals surface area (Å²) >= 11 is 0. The van der Waals surface area contributed by atoms with Crippen molar-refractivity contribution in [2.45, 2.75) is 52.0 Å². The van der Waals surface area contributed by atoms with Crippen molar-refractivity contribution in [3.63, 3.8) is 0 Å². The highest BCUT2D eigenvalue weighted by atomic mass is 16.1. The Labute approximate surface area is 120 Å². The number of hydrogen-bond donors (Lipinski definition) is 1. The molecular formula is C16H23N3O. The summed E-state index contributed by atoms with van der Waals surface area (Å²) in [4.78, 5) is 11.5. The van der Waals surface area contributed by atoms with Crippen LogP contribution in [0.2, 0.25) is 0 Å². The topological polar surface area (TPSA) is 60.9 Å². The molecule has 4 heteroatoms. The highest BCUT2D eigenvalue weighted by Crippen LogP contribution is 2.26. The lowest BCUT2D eigenvalue weighted by Crippen LogP contribution is -2.15. The van der Waals surface area contributed by atoms with E-state index in [1.54, 1.807) is 0 Å². The Hall–Kier alpha value is -1.84. The van der Waals surface area contributed by atoms with E-state index in [9.17, 15) is 4.79 Å². The maximum absolute atomic E-state index is 11.5. The maximum atomic E-state index is 11.5. The number of benzene rings is 1. The second kappa shape index (κ2) is 6.55. The first-order chi connectivity index (χ1) is 9.69.